The molecule has 2 heterocycles. The van der Waals surface area contributed by atoms with Crippen LogP contribution in [0.4, 0.5) is 5.95 Å². The molecule has 0 bridgehead atoms. The lowest BCUT2D eigenvalue weighted by Crippen LogP contribution is -2.11. The van der Waals surface area contributed by atoms with Crippen molar-refractivity contribution >= 4 is 17.1 Å². The second-order valence-corrected chi connectivity index (χ2v) is 4.47. The summed E-state index contributed by atoms with van der Waals surface area (Å²) in [4.78, 5) is 4.35. The number of nitrogen functional groups attached to an aromatic ring is 1. The third-order valence-electron chi connectivity index (χ3n) is 3.02. The van der Waals surface area contributed by atoms with Crippen LogP contribution in [0.5, 0.6) is 0 Å². The first-order valence-corrected chi connectivity index (χ1v) is 6.38. The zero-order valence-corrected chi connectivity index (χ0v) is 11.3. The van der Waals surface area contributed by atoms with E-state index in [2.05, 4.69) is 17.0 Å². The molecule has 0 radical (unpaired) electrons. The predicted molar refractivity (Wildman–Crippen MR) is 71.4 cm³/mol. The maximum atomic E-state index is 5.93. The van der Waals surface area contributed by atoms with Crippen LogP contribution >= 0.6 is 0 Å². The Morgan fingerprint density at radius 1 is 1.33 bits per heavy atom. The van der Waals surface area contributed by atoms with E-state index in [1.165, 1.54) is 0 Å². The molecular weight excluding hydrogens is 230 g/mol. The van der Waals surface area contributed by atoms with Crippen LogP contribution in [-0.2, 0) is 18.3 Å². The van der Waals surface area contributed by atoms with Crippen molar-refractivity contribution < 1.29 is 4.74 Å². The molecule has 0 atom stereocenters. The summed E-state index contributed by atoms with van der Waals surface area (Å²) in [6.07, 6.45) is 2.25. The molecule has 0 saturated carbocycles. The molecule has 18 heavy (non-hydrogen) atoms. The van der Waals surface area contributed by atoms with E-state index in [1.807, 2.05) is 23.2 Å². The Hall–Kier alpha value is -1.56. The summed E-state index contributed by atoms with van der Waals surface area (Å²) in [5.74, 6) is 0.528. The molecule has 6 heteroatoms. The number of anilines is 1. The lowest BCUT2D eigenvalue weighted by Gasteiger charge is -2.07. The van der Waals surface area contributed by atoms with Gasteiger partial charge < -0.3 is 10.5 Å². The Morgan fingerprint density at radius 2 is 2.11 bits per heavy atom. The molecule has 6 nitrogen and oxygen atoms in total. The summed E-state index contributed by atoms with van der Waals surface area (Å²) in [6.45, 7) is 6.26. The molecule has 2 aromatic heterocycles. The average molecular weight is 251 g/mol. The molecule has 0 unspecified atom stereocenters. The van der Waals surface area contributed by atoms with E-state index < -0.39 is 0 Å². The Morgan fingerprint density at radius 3 is 2.83 bits per heavy atom. The van der Waals surface area contributed by atoms with Crippen LogP contribution in [0.2, 0.25) is 0 Å². The second kappa shape index (κ2) is 5.39. The molecule has 0 amide bonds. The number of imidazole rings is 1. The van der Waals surface area contributed by atoms with Crippen LogP contribution in [0.25, 0.3) is 11.2 Å². The molecule has 2 N–H and O–H groups in total. The molecular formula is C12H21N5O. The lowest BCUT2D eigenvalue weighted by molar-refractivity contribution is 0.124. The topological polar surface area (TPSA) is 70.9 Å². The van der Waals surface area contributed by atoms with E-state index >= 15 is 0 Å². The number of ether oxygens (including phenoxy) is 1. The van der Waals surface area contributed by atoms with Crippen molar-refractivity contribution in [3.8, 4) is 0 Å². The van der Waals surface area contributed by atoms with Crippen LogP contribution in [0.3, 0.4) is 0 Å². The first-order chi connectivity index (χ1) is 8.65. The number of rotatable bonds is 6. The number of aromatic nitrogens is 4. The molecule has 0 aliphatic rings. The molecule has 2 aromatic rings. The maximum Gasteiger partial charge on any atom is 0.202 e. The van der Waals surface area contributed by atoms with E-state index in [0.717, 1.165) is 36.3 Å². The van der Waals surface area contributed by atoms with Crippen LogP contribution in [0.15, 0.2) is 0 Å². The SMILES string of the molecule is CCCCOCCn1c(N)nc2c(C)nn(C)c21. The molecule has 0 aliphatic heterocycles. The molecule has 0 spiro atoms. The second-order valence-electron chi connectivity index (χ2n) is 4.47. The van der Waals surface area contributed by atoms with Crippen LogP contribution in [0.1, 0.15) is 25.5 Å². The van der Waals surface area contributed by atoms with Crippen molar-refractivity contribution in [2.75, 3.05) is 18.9 Å². The smallest absolute Gasteiger partial charge is 0.202 e. The van der Waals surface area contributed by atoms with Crippen molar-refractivity contribution in [2.24, 2.45) is 7.05 Å². The third-order valence-corrected chi connectivity index (χ3v) is 3.02. The quantitative estimate of drug-likeness (QED) is 0.789. The van der Waals surface area contributed by atoms with Gasteiger partial charge in [0, 0.05) is 13.7 Å². The Kier molecular flexibility index (Phi) is 3.86. The van der Waals surface area contributed by atoms with Gasteiger partial charge in [0.25, 0.3) is 0 Å². The predicted octanol–water partition coefficient (Wildman–Crippen LogP) is 1.48. The summed E-state index contributed by atoms with van der Waals surface area (Å²) in [5.41, 5.74) is 8.68. The molecule has 100 valence electrons. The van der Waals surface area contributed by atoms with Gasteiger partial charge in [-0.05, 0) is 13.3 Å². The van der Waals surface area contributed by atoms with Crippen LogP contribution in [0, 0.1) is 6.92 Å². The number of unbranched alkanes of at least 4 members (excludes halogenated alkanes) is 1. The highest BCUT2D eigenvalue weighted by atomic mass is 16.5. The van der Waals surface area contributed by atoms with Crippen molar-refractivity contribution in [1.82, 2.24) is 19.3 Å². The summed E-state index contributed by atoms with van der Waals surface area (Å²) in [7, 11) is 1.91. The Bertz CT molecular complexity index is 528. The maximum absolute atomic E-state index is 5.93. The third kappa shape index (κ3) is 2.33. The van der Waals surface area contributed by atoms with Crippen LogP contribution in [-0.4, -0.2) is 32.5 Å². The molecule has 0 saturated heterocycles. The van der Waals surface area contributed by atoms with E-state index in [-0.39, 0.29) is 0 Å². The fourth-order valence-electron chi connectivity index (χ4n) is 2.08. The number of nitrogens with zero attached hydrogens (tertiary/aromatic N) is 4. The number of fused-ring (bicyclic) bond motifs is 1. The van der Waals surface area contributed by atoms with Gasteiger partial charge in [0.1, 0.15) is 5.52 Å². The standard InChI is InChI=1S/C12H21N5O/c1-4-5-7-18-8-6-17-11-10(14-12(17)13)9(2)15-16(11)3/h4-8H2,1-3H3,(H2,13,14). The van der Waals surface area contributed by atoms with Crippen LogP contribution < -0.4 is 5.73 Å². The van der Waals surface area contributed by atoms with Gasteiger partial charge in [-0.3, -0.25) is 9.25 Å². The lowest BCUT2D eigenvalue weighted by atomic mass is 10.4. The largest absolute Gasteiger partial charge is 0.380 e. The first kappa shape index (κ1) is 12.9. The fourth-order valence-corrected chi connectivity index (χ4v) is 2.08. The summed E-state index contributed by atoms with van der Waals surface area (Å²) >= 11 is 0. The van der Waals surface area contributed by atoms with E-state index in [0.29, 0.717) is 19.1 Å². The highest BCUT2D eigenvalue weighted by Crippen LogP contribution is 2.19. The number of hydrogen-bond donors (Lipinski definition) is 1. The minimum Gasteiger partial charge on any atom is -0.380 e. The normalized spacial score (nSPS) is 11.5. The van der Waals surface area contributed by atoms with Gasteiger partial charge in [-0.25, -0.2) is 4.98 Å². The van der Waals surface area contributed by atoms with Gasteiger partial charge in [0.15, 0.2) is 5.65 Å². The van der Waals surface area contributed by atoms with Gasteiger partial charge in [-0.1, -0.05) is 13.3 Å². The zero-order valence-electron chi connectivity index (χ0n) is 11.3. The zero-order chi connectivity index (χ0) is 13.1. The minimum absolute atomic E-state index is 0.528. The van der Waals surface area contributed by atoms with Gasteiger partial charge in [-0.15, -0.1) is 0 Å². The molecule has 0 aliphatic carbocycles. The van der Waals surface area contributed by atoms with Gasteiger partial charge in [0.2, 0.25) is 5.95 Å². The minimum atomic E-state index is 0.528. The number of aryl methyl sites for hydroxylation is 2. The Balaban J connectivity index is 2.10. The summed E-state index contributed by atoms with van der Waals surface area (Å²) in [5, 5.41) is 4.35. The summed E-state index contributed by atoms with van der Waals surface area (Å²) < 4.78 is 9.34. The van der Waals surface area contributed by atoms with Crippen molar-refractivity contribution in [3.63, 3.8) is 0 Å². The van der Waals surface area contributed by atoms with Crippen molar-refractivity contribution in [2.45, 2.75) is 33.2 Å². The first-order valence-electron chi connectivity index (χ1n) is 6.38. The molecule has 2 rings (SSSR count). The van der Waals surface area contributed by atoms with Crippen molar-refractivity contribution in [3.05, 3.63) is 5.69 Å². The van der Waals surface area contributed by atoms with E-state index in [1.54, 1.807) is 0 Å². The van der Waals surface area contributed by atoms with E-state index in [9.17, 15) is 0 Å². The van der Waals surface area contributed by atoms with Gasteiger partial charge in [-0.2, -0.15) is 5.10 Å². The van der Waals surface area contributed by atoms with Gasteiger partial charge >= 0.3 is 0 Å². The monoisotopic (exact) mass is 251 g/mol. The number of hydrogen-bond acceptors (Lipinski definition) is 4. The number of nitrogens with two attached hydrogens (primary N) is 1. The molecule has 0 fully saturated rings. The average Bonchev–Trinajstić information content (AvgIpc) is 2.79. The Labute approximate surface area is 107 Å². The van der Waals surface area contributed by atoms with Crippen molar-refractivity contribution in [1.29, 1.82) is 0 Å². The highest BCUT2D eigenvalue weighted by molar-refractivity contribution is 5.77. The fraction of sp³-hybridized carbons (Fsp3) is 0.667. The highest BCUT2D eigenvalue weighted by Gasteiger charge is 2.15. The summed E-state index contributed by atoms with van der Waals surface area (Å²) in [6, 6.07) is 0. The van der Waals surface area contributed by atoms with Gasteiger partial charge in [0.05, 0.1) is 18.8 Å². The molecule has 0 aromatic carbocycles. The van der Waals surface area contributed by atoms with E-state index in [4.69, 9.17) is 10.5 Å².